The SMILES string of the molecule is Cn1cc([C@H]2CNC[C@@H]2C(=O)Nc2cccc(NC(=O)C3CCCCC3)c2)cn1. The van der Waals surface area contributed by atoms with E-state index < -0.39 is 0 Å². The van der Waals surface area contributed by atoms with E-state index >= 15 is 0 Å². The van der Waals surface area contributed by atoms with E-state index in [0.717, 1.165) is 43.5 Å². The van der Waals surface area contributed by atoms with Gasteiger partial charge in [0, 0.05) is 49.5 Å². The third-order valence-electron chi connectivity index (χ3n) is 6.08. The predicted octanol–water partition coefficient (Wildman–Crippen LogP) is 2.88. The van der Waals surface area contributed by atoms with Gasteiger partial charge in [-0.25, -0.2) is 0 Å². The summed E-state index contributed by atoms with van der Waals surface area (Å²) in [6.07, 6.45) is 9.21. The zero-order valence-electron chi connectivity index (χ0n) is 16.9. The molecule has 1 aliphatic heterocycles. The highest BCUT2D eigenvalue weighted by Crippen LogP contribution is 2.29. The first kappa shape index (κ1) is 19.6. The Labute approximate surface area is 171 Å². The second kappa shape index (κ2) is 8.78. The molecule has 0 radical (unpaired) electrons. The number of nitrogens with one attached hydrogen (secondary N) is 3. The van der Waals surface area contributed by atoms with Crippen molar-refractivity contribution in [3.05, 3.63) is 42.2 Å². The number of hydrogen-bond acceptors (Lipinski definition) is 4. The summed E-state index contributed by atoms with van der Waals surface area (Å²) in [6.45, 7) is 1.41. The maximum atomic E-state index is 12.9. The molecule has 154 valence electrons. The fourth-order valence-corrected chi connectivity index (χ4v) is 4.45. The molecule has 2 amide bonds. The molecule has 0 spiro atoms. The molecule has 7 heteroatoms. The Morgan fingerprint density at radius 3 is 2.48 bits per heavy atom. The van der Waals surface area contributed by atoms with Gasteiger partial charge in [0.15, 0.2) is 0 Å². The van der Waals surface area contributed by atoms with E-state index in [-0.39, 0.29) is 29.6 Å². The summed E-state index contributed by atoms with van der Waals surface area (Å²) in [5.41, 5.74) is 2.51. The lowest BCUT2D eigenvalue weighted by molar-refractivity contribution is -0.121. The number of anilines is 2. The van der Waals surface area contributed by atoms with E-state index in [1.807, 2.05) is 43.7 Å². The van der Waals surface area contributed by atoms with Crippen molar-refractivity contribution >= 4 is 23.2 Å². The van der Waals surface area contributed by atoms with Crippen molar-refractivity contribution in [2.24, 2.45) is 18.9 Å². The van der Waals surface area contributed by atoms with E-state index in [4.69, 9.17) is 0 Å². The number of carbonyl (C=O) groups is 2. The number of amides is 2. The molecule has 0 bridgehead atoms. The van der Waals surface area contributed by atoms with Crippen LogP contribution in [0.3, 0.4) is 0 Å². The molecular formula is C22H29N5O2. The topological polar surface area (TPSA) is 88.0 Å². The van der Waals surface area contributed by atoms with Crippen molar-refractivity contribution < 1.29 is 9.59 Å². The Hall–Kier alpha value is -2.67. The molecule has 7 nitrogen and oxygen atoms in total. The van der Waals surface area contributed by atoms with Crippen molar-refractivity contribution in [3.63, 3.8) is 0 Å². The lowest BCUT2D eigenvalue weighted by atomic mass is 9.88. The van der Waals surface area contributed by atoms with Gasteiger partial charge in [0.05, 0.1) is 12.1 Å². The third kappa shape index (κ3) is 4.67. The lowest BCUT2D eigenvalue weighted by Crippen LogP contribution is -2.28. The van der Waals surface area contributed by atoms with Gasteiger partial charge < -0.3 is 16.0 Å². The molecule has 1 aromatic carbocycles. The predicted molar refractivity (Wildman–Crippen MR) is 113 cm³/mol. The summed E-state index contributed by atoms with van der Waals surface area (Å²) < 4.78 is 1.76. The van der Waals surface area contributed by atoms with Gasteiger partial charge in [-0.1, -0.05) is 25.3 Å². The van der Waals surface area contributed by atoms with Crippen LogP contribution in [0.25, 0.3) is 0 Å². The third-order valence-corrected chi connectivity index (χ3v) is 6.08. The largest absolute Gasteiger partial charge is 0.326 e. The standard InChI is InChI=1S/C22H29N5O2/c1-27-14-16(11-24-27)19-12-23-13-20(19)22(29)26-18-9-5-8-17(10-18)25-21(28)15-6-3-2-4-7-15/h5,8-11,14-15,19-20,23H,2-4,6-7,12-13H2,1H3,(H,25,28)(H,26,29)/t19-,20+/m1/s1. The molecule has 4 rings (SSSR count). The Morgan fingerprint density at radius 1 is 1.07 bits per heavy atom. The fraction of sp³-hybridized carbons (Fsp3) is 0.500. The Bertz CT molecular complexity index is 872. The van der Waals surface area contributed by atoms with E-state index in [1.165, 1.54) is 6.42 Å². The molecule has 1 aliphatic carbocycles. The molecule has 2 atom stereocenters. The number of carbonyl (C=O) groups excluding carboxylic acids is 2. The Balaban J connectivity index is 1.39. The molecule has 29 heavy (non-hydrogen) atoms. The van der Waals surface area contributed by atoms with E-state index in [0.29, 0.717) is 12.2 Å². The molecular weight excluding hydrogens is 366 g/mol. The molecule has 3 N–H and O–H groups in total. The maximum absolute atomic E-state index is 12.9. The van der Waals surface area contributed by atoms with Gasteiger partial charge in [0.2, 0.25) is 11.8 Å². The highest BCUT2D eigenvalue weighted by molar-refractivity contribution is 5.96. The van der Waals surface area contributed by atoms with Crippen LogP contribution in [-0.4, -0.2) is 34.7 Å². The number of benzene rings is 1. The van der Waals surface area contributed by atoms with E-state index in [2.05, 4.69) is 21.0 Å². The summed E-state index contributed by atoms with van der Waals surface area (Å²) in [7, 11) is 1.88. The zero-order chi connectivity index (χ0) is 20.2. The Morgan fingerprint density at radius 2 is 1.79 bits per heavy atom. The normalized spacial score (nSPS) is 22.4. The second-order valence-corrected chi connectivity index (χ2v) is 8.21. The van der Waals surface area contributed by atoms with Crippen LogP contribution in [0.2, 0.25) is 0 Å². The highest BCUT2D eigenvalue weighted by Gasteiger charge is 2.34. The minimum Gasteiger partial charge on any atom is -0.326 e. The quantitative estimate of drug-likeness (QED) is 0.726. The van der Waals surface area contributed by atoms with Gasteiger partial charge in [0.1, 0.15) is 0 Å². The summed E-state index contributed by atoms with van der Waals surface area (Å²) in [5, 5.41) is 13.6. The maximum Gasteiger partial charge on any atom is 0.229 e. The van der Waals surface area contributed by atoms with Crippen molar-refractivity contribution in [3.8, 4) is 0 Å². The number of nitrogens with zero attached hydrogens (tertiary/aromatic N) is 2. The molecule has 1 aromatic heterocycles. The zero-order valence-corrected chi connectivity index (χ0v) is 16.9. The van der Waals surface area contributed by atoms with Crippen LogP contribution < -0.4 is 16.0 Å². The van der Waals surface area contributed by atoms with Crippen LogP contribution in [0.1, 0.15) is 43.6 Å². The molecule has 2 aromatic rings. The summed E-state index contributed by atoms with van der Waals surface area (Å²) in [4.78, 5) is 25.4. The smallest absolute Gasteiger partial charge is 0.229 e. The van der Waals surface area contributed by atoms with E-state index in [1.54, 1.807) is 4.68 Å². The van der Waals surface area contributed by atoms with Crippen LogP contribution in [0.5, 0.6) is 0 Å². The second-order valence-electron chi connectivity index (χ2n) is 8.21. The fourth-order valence-electron chi connectivity index (χ4n) is 4.45. The summed E-state index contributed by atoms with van der Waals surface area (Å²) in [5.74, 6) is 0.133. The van der Waals surface area contributed by atoms with Crippen molar-refractivity contribution in [1.82, 2.24) is 15.1 Å². The molecule has 1 saturated carbocycles. The van der Waals surface area contributed by atoms with Gasteiger partial charge in [-0.15, -0.1) is 0 Å². The first-order chi connectivity index (χ1) is 14.1. The van der Waals surface area contributed by atoms with Gasteiger partial charge >= 0.3 is 0 Å². The minimum absolute atomic E-state index is 0.0142. The summed E-state index contributed by atoms with van der Waals surface area (Å²) >= 11 is 0. The Kier molecular flexibility index (Phi) is 5.94. The van der Waals surface area contributed by atoms with Crippen LogP contribution >= 0.6 is 0 Å². The van der Waals surface area contributed by atoms with Gasteiger partial charge in [-0.05, 0) is 36.6 Å². The average Bonchev–Trinajstić information content (AvgIpc) is 3.38. The monoisotopic (exact) mass is 395 g/mol. The van der Waals surface area contributed by atoms with Crippen LogP contribution in [0, 0.1) is 11.8 Å². The minimum atomic E-state index is -0.153. The molecule has 0 unspecified atom stereocenters. The highest BCUT2D eigenvalue weighted by atomic mass is 16.2. The van der Waals surface area contributed by atoms with Crippen molar-refractivity contribution in [2.45, 2.75) is 38.0 Å². The number of rotatable bonds is 5. The van der Waals surface area contributed by atoms with Gasteiger partial charge in [0.25, 0.3) is 0 Å². The van der Waals surface area contributed by atoms with Crippen LogP contribution in [0.15, 0.2) is 36.7 Å². The number of aromatic nitrogens is 2. The van der Waals surface area contributed by atoms with Crippen molar-refractivity contribution in [2.75, 3.05) is 23.7 Å². The van der Waals surface area contributed by atoms with Crippen LogP contribution in [0.4, 0.5) is 11.4 Å². The van der Waals surface area contributed by atoms with Gasteiger partial charge in [-0.3, -0.25) is 14.3 Å². The van der Waals surface area contributed by atoms with Crippen LogP contribution in [-0.2, 0) is 16.6 Å². The first-order valence-corrected chi connectivity index (χ1v) is 10.5. The summed E-state index contributed by atoms with van der Waals surface area (Å²) in [6, 6.07) is 7.42. The lowest BCUT2D eigenvalue weighted by Gasteiger charge is -2.21. The molecule has 1 saturated heterocycles. The van der Waals surface area contributed by atoms with Gasteiger partial charge in [-0.2, -0.15) is 5.10 Å². The van der Waals surface area contributed by atoms with E-state index in [9.17, 15) is 9.59 Å². The molecule has 2 fully saturated rings. The average molecular weight is 396 g/mol. The first-order valence-electron chi connectivity index (χ1n) is 10.5. The number of aryl methyl sites for hydroxylation is 1. The molecule has 2 aliphatic rings. The van der Waals surface area contributed by atoms with Crippen molar-refractivity contribution in [1.29, 1.82) is 0 Å². The number of hydrogen-bond donors (Lipinski definition) is 3. The molecule has 2 heterocycles.